The Morgan fingerprint density at radius 3 is 1.91 bits per heavy atom. The van der Waals surface area contributed by atoms with Crippen LogP contribution >= 0.6 is 0 Å². The first-order valence-electron chi connectivity index (χ1n) is 9.78. The zero-order valence-electron chi connectivity index (χ0n) is 18.1. The number of methoxy groups -OCH3 is 2. The monoisotopic (exact) mass is 490 g/mol. The molecule has 2 atom stereocenters. The van der Waals surface area contributed by atoms with E-state index in [4.69, 9.17) is 9.47 Å². The molecule has 0 aliphatic carbocycles. The predicted molar refractivity (Wildman–Crippen MR) is 109 cm³/mol. The van der Waals surface area contributed by atoms with Crippen LogP contribution in [-0.2, 0) is 37.0 Å². The molecule has 12 heteroatoms. The van der Waals surface area contributed by atoms with Gasteiger partial charge in [0.05, 0.1) is 25.3 Å². The largest absolute Gasteiger partial charge is 0.467 e. The Bertz CT molecular complexity index is 1100. The summed E-state index contributed by atoms with van der Waals surface area (Å²) < 4.78 is 89.0. The van der Waals surface area contributed by atoms with E-state index in [1.165, 1.54) is 6.92 Å². The highest BCUT2D eigenvalue weighted by Crippen LogP contribution is 2.47. The maximum absolute atomic E-state index is 13.5. The average molecular weight is 490 g/mol. The van der Waals surface area contributed by atoms with Crippen LogP contribution in [0, 0.1) is 0 Å². The van der Waals surface area contributed by atoms with Crippen LogP contribution in [0.3, 0.4) is 0 Å². The number of anilines is 2. The summed E-state index contributed by atoms with van der Waals surface area (Å²) in [6, 6.07) is 6.12. The van der Waals surface area contributed by atoms with E-state index in [0.717, 1.165) is 56.7 Å². The third-order valence-electron chi connectivity index (χ3n) is 5.58. The van der Waals surface area contributed by atoms with Crippen molar-refractivity contribution < 1.29 is 45.4 Å². The lowest BCUT2D eigenvalue weighted by Crippen LogP contribution is -2.59. The first kappa shape index (κ1) is 25.2. The van der Waals surface area contributed by atoms with Crippen molar-refractivity contribution in [3.63, 3.8) is 0 Å². The summed E-state index contributed by atoms with van der Waals surface area (Å²) in [4.78, 5) is 25.7. The number of fused-ring (bicyclic) bond motifs is 1. The number of hydrogen-bond donors (Lipinski definition) is 2. The van der Waals surface area contributed by atoms with Crippen molar-refractivity contribution in [2.24, 2.45) is 0 Å². The van der Waals surface area contributed by atoms with Crippen LogP contribution in [0.4, 0.5) is 37.7 Å². The van der Waals surface area contributed by atoms with Gasteiger partial charge in [-0.15, -0.1) is 0 Å². The Morgan fingerprint density at radius 2 is 1.41 bits per heavy atom. The Labute approximate surface area is 190 Å². The molecule has 2 unspecified atom stereocenters. The summed E-state index contributed by atoms with van der Waals surface area (Å²) in [5.41, 5.74) is -5.93. The summed E-state index contributed by atoms with van der Waals surface area (Å²) in [5.74, 6) is -1.87. The number of benzene rings is 2. The lowest BCUT2D eigenvalue weighted by molar-refractivity contribution is -0.151. The van der Waals surface area contributed by atoms with Gasteiger partial charge >= 0.3 is 24.3 Å². The minimum atomic E-state index is -4.76. The van der Waals surface area contributed by atoms with E-state index in [9.17, 15) is 35.9 Å². The highest BCUT2D eigenvalue weighted by Gasteiger charge is 2.55. The molecule has 0 bridgehead atoms. The van der Waals surface area contributed by atoms with Crippen LogP contribution in [0.15, 0.2) is 42.5 Å². The second kappa shape index (κ2) is 8.41. The number of rotatable bonds is 4. The molecular formula is C22H20F6N2O4. The van der Waals surface area contributed by atoms with Crippen molar-refractivity contribution in [2.45, 2.75) is 36.8 Å². The summed E-state index contributed by atoms with van der Waals surface area (Å²) in [5, 5.41) is 5.55. The van der Waals surface area contributed by atoms with Gasteiger partial charge < -0.3 is 20.1 Å². The molecule has 2 aromatic carbocycles. The van der Waals surface area contributed by atoms with Gasteiger partial charge in [-0.05, 0) is 49.4 Å². The molecule has 0 spiro atoms. The Hall–Kier alpha value is -3.44. The van der Waals surface area contributed by atoms with Gasteiger partial charge in [0.1, 0.15) is 5.54 Å². The van der Waals surface area contributed by atoms with E-state index >= 15 is 0 Å². The van der Waals surface area contributed by atoms with Gasteiger partial charge in [-0.3, -0.25) is 0 Å². The number of nitrogens with one attached hydrogen (secondary N) is 2. The number of carbonyl (C=O) groups excluding carboxylic acids is 2. The van der Waals surface area contributed by atoms with E-state index < -0.39 is 52.9 Å². The van der Waals surface area contributed by atoms with Gasteiger partial charge in [0.15, 0.2) is 5.54 Å². The fourth-order valence-corrected chi connectivity index (χ4v) is 4.01. The molecule has 1 heterocycles. The molecule has 0 fully saturated rings. The molecule has 1 aliphatic heterocycles. The maximum atomic E-state index is 13.5. The highest BCUT2D eigenvalue weighted by molar-refractivity contribution is 5.95. The predicted octanol–water partition coefficient (Wildman–Crippen LogP) is 4.95. The lowest BCUT2D eigenvalue weighted by Gasteiger charge is -2.46. The third-order valence-corrected chi connectivity index (χ3v) is 5.58. The second-order valence-corrected chi connectivity index (χ2v) is 7.98. The summed E-state index contributed by atoms with van der Waals surface area (Å²) in [6.07, 6.45) is -9.85. The zero-order valence-corrected chi connectivity index (χ0v) is 18.1. The van der Waals surface area contributed by atoms with Gasteiger partial charge in [0, 0.05) is 23.4 Å². The molecule has 1 aliphatic rings. The number of carbonyl (C=O) groups is 2. The van der Waals surface area contributed by atoms with E-state index in [0.29, 0.717) is 0 Å². The van der Waals surface area contributed by atoms with Crippen LogP contribution in [0.25, 0.3) is 0 Å². The van der Waals surface area contributed by atoms with Crippen molar-refractivity contribution in [2.75, 3.05) is 24.9 Å². The van der Waals surface area contributed by atoms with Gasteiger partial charge in [0.2, 0.25) is 0 Å². The molecule has 184 valence electrons. The fraction of sp³-hybridized carbons (Fsp3) is 0.364. The van der Waals surface area contributed by atoms with E-state index in [2.05, 4.69) is 10.6 Å². The van der Waals surface area contributed by atoms with Crippen molar-refractivity contribution in [1.29, 1.82) is 0 Å². The zero-order chi connectivity index (χ0) is 25.5. The van der Waals surface area contributed by atoms with E-state index in [1.54, 1.807) is 0 Å². The standard InChI is InChI=1S/C22H20F6N2O4/c1-19(17(31)33-2)11-20(18(32)34-3,29-14-7-4-12(5-8-14)21(23,24)25)15-10-13(22(26,27)28)6-9-16(15)30-19/h4-10,29-30H,11H2,1-3H3. The summed E-state index contributed by atoms with van der Waals surface area (Å²) in [6.45, 7) is 1.38. The first-order valence-corrected chi connectivity index (χ1v) is 9.78. The van der Waals surface area contributed by atoms with Crippen LogP contribution in [-0.4, -0.2) is 31.7 Å². The van der Waals surface area contributed by atoms with E-state index in [-0.39, 0.29) is 16.9 Å². The molecule has 2 N–H and O–H groups in total. The lowest BCUT2D eigenvalue weighted by atomic mass is 9.73. The molecule has 0 amide bonds. The number of ether oxygens (including phenoxy) is 2. The molecule has 6 nitrogen and oxygen atoms in total. The normalized spacial score (nSPS) is 22.3. The Balaban J connectivity index is 2.24. The summed E-state index contributed by atoms with van der Waals surface area (Å²) in [7, 11) is 2.10. The van der Waals surface area contributed by atoms with Crippen LogP contribution in [0.5, 0.6) is 0 Å². The van der Waals surface area contributed by atoms with Crippen LogP contribution in [0.2, 0.25) is 0 Å². The maximum Gasteiger partial charge on any atom is 0.416 e. The van der Waals surface area contributed by atoms with Crippen molar-refractivity contribution in [3.05, 3.63) is 59.2 Å². The highest BCUT2D eigenvalue weighted by atomic mass is 19.4. The molecule has 0 radical (unpaired) electrons. The number of alkyl halides is 6. The Morgan fingerprint density at radius 1 is 0.882 bits per heavy atom. The minimum Gasteiger partial charge on any atom is -0.467 e. The van der Waals surface area contributed by atoms with Crippen LogP contribution in [0.1, 0.15) is 30.0 Å². The molecule has 0 aromatic heterocycles. The fourth-order valence-electron chi connectivity index (χ4n) is 4.01. The second-order valence-electron chi connectivity index (χ2n) is 7.98. The molecule has 2 aromatic rings. The van der Waals surface area contributed by atoms with Crippen molar-refractivity contribution in [1.82, 2.24) is 0 Å². The SMILES string of the molecule is COC(=O)C1(C)CC(Nc2ccc(C(F)(F)F)cc2)(C(=O)OC)c2cc(C(F)(F)F)ccc2N1. The van der Waals surface area contributed by atoms with Gasteiger partial charge in [0.25, 0.3) is 0 Å². The molecular weight excluding hydrogens is 470 g/mol. The molecule has 0 saturated carbocycles. The minimum absolute atomic E-state index is 0.0111. The van der Waals surface area contributed by atoms with E-state index in [1.807, 2.05) is 0 Å². The third kappa shape index (κ3) is 4.48. The van der Waals surface area contributed by atoms with Crippen LogP contribution < -0.4 is 10.6 Å². The number of hydrogen-bond acceptors (Lipinski definition) is 6. The van der Waals surface area contributed by atoms with Crippen molar-refractivity contribution >= 4 is 23.3 Å². The van der Waals surface area contributed by atoms with Gasteiger partial charge in [-0.2, -0.15) is 26.3 Å². The molecule has 0 saturated heterocycles. The molecule has 3 rings (SSSR count). The smallest absolute Gasteiger partial charge is 0.416 e. The van der Waals surface area contributed by atoms with Gasteiger partial charge in [-0.25, -0.2) is 9.59 Å². The van der Waals surface area contributed by atoms with Crippen molar-refractivity contribution in [3.8, 4) is 0 Å². The number of esters is 2. The number of halogens is 6. The first-order chi connectivity index (χ1) is 15.7. The molecule has 34 heavy (non-hydrogen) atoms. The Kier molecular flexibility index (Phi) is 6.23. The van der Waals surface area contributed by atoms with Gasteiger partial charge in [-0.1, -0.05) is 0 Å². The summed E-state index contributed by atoms with van der Waals surface area (Å²) >= 11 is 0. The average Bonchev–Trinajstić information content (AvgIpc) is 2.76. The quantitative estimate of drug-likeness (QED) is 0.467. The topological polar surface area (TPSA) is 76.7 Å².